The molecule has 1 aliphatic rings. The highest BCUT2D eigenvalue weighted by molar-refractivity contribution is 5.98. The first-order valence-electron chi connectivity index (χ1n) is 4.91. The van der Waals surface area contributed by atoms with Crippen LogP contribution >= 0.6 is 0 Å². The van der Waals surface area contributed by atoms with Crippen LogP contribution in [0, 0.1) is 0 Å². The lowest BCUT2D eigenvalue weighted by Crippen LogP contribution is -2.20. The highest BCUT2D eigenvalue weighted by Gasteiger charge is 2.25. The molecular weight excluding hydrogens is 196 g/mol. The standard InChI is InChI=1S/C9H14N4O2/c10-8-6(9(11)14)7(12-13-8)5-1-3-15-4-2-5/h5H,1-4H2,(H2,11,14)(H3,10,12,13). The Morgan fingerprint density at radius 3 is 2.73 bits per heavy atom. The van der Waals surface area contributed by atoms with Crippen molar-refractivity contribution >= 4 is 11.7 Å². The third-order valence-electron chi connectivity index (χ3n) is 2.70. The minimum Gasteiger partial charge on any atom is -0.382 e. The van der Waals surface area contributed by atoms with Crippen LogP contribution in [0.25, 0.3) is 0 Å². The molecule has 2 rings (SSSR count). The Bertz CT molecular complexity index is 368. The van der Waals surface area contributed by atoms with Crippen molar-refractivity contribution in [3.63, 3.8) is 0 Å². The Balaban J connectivity index is 2.30. The topological polar surface area (TPSA) is 107 Å². The van der Waals surface area contributed by atoms with Crippen molar-refractivity contribution in [3.05, 3.63) is 11.3 Å². The summed E-state index contributed by atoms with van der Waals surface area (Å²) in [5.41, 5.74) is 11.9. The van der Waals surface area contributed by atoms with Gasteiger partial charge in [-0.1, -0.05) is 0 Å². The second-order valence-corrected chi connectivity index (χ2v) is 3.65. The molecule has 1 amide bonds. The van der Waals surface area contributed by atoms with Gasteiger partial charge >= 0.3 is 0 Å². The molecule has 1 aliphatic heterocycles. The zero-order valence-corrected chi connectivity index (χ0v) is 8.32. The number of carbonyl (C=O) groups is 1. The average Bonchev–Trinajstić information content (AvgIpc) is 2.61. The van der Waals surface area contributed by atoms with E-state index in [9.17, 15) is 4.79 Å². The van der Waals surface area contributed by atoms with Gasteiger partial charge in [-0.15, -0.1) is 0 Å². The molecule has 0 radical (unpaired) electrons. The monoisotopic (exact) mass is 210 g/mol. The Labute approximate surface area is 87.0 Å². The molecule has 15 heavy (non-hydrogen) atoms. The Hall–Kier alpha value is -1.56. The highest BCUT2D eigenvalue weighted by atomic mass is 16.5. The number of nitrogen functional groups attached to an aromatic ring is 1. The van der Waals surface area contributed by atoms with Crippen LogP contribution in [0.4, 0.5) is 5.82 Å². The molecule has 5 N–H and O–H groups in total. The summed E-state index contributed by atoms with van der Waals surface area (Å²) >= 11 is 0. The van der Waals surface area contributed by atoms with E-state index in [2.05, 4.69) is 10.2 Å². The van der Waals surface area contributed by atoms with Crippen molar-refractivity contribution in [1.29, 1.82) is 0 Å². The summed E-state index contributed by atoms with van der Waals surface area (Å²) in [5, 5.41) is 6.62. The van der Waals surface area contributed by atoms with Crippen LogP contribution in [0.2, 0.25) is 0 Å². The maximum Gasteiger partial charge on any atom is 0.254 e. The average molecular weight is 210 g/mol. The van der Waals surface area contributed by atoms with Crippen LogP contribution in [-0.2, 0) is 4.74 Å². The molecule has 0 spiro atoms. The van der Waals surface area contributed by atoms with E-state index in [1.54, 1.807) is 0 Å². The largest absolute Gasteiger partial charge is 0.382 e. The number of rotatable bonds is 2. The minimum absolute atomic E-state index is 0.184. The summed E-state index contributed by atoms with van der Waals surface area (Å²) in [6.07, 6.45) is 1.73. The molecular formula is C9H14N4O2. The number of hydrogen-bond donors (Lipinski definition) is 3. The number of primary amides is 1. The second-order valence-electron chi connectivity index (χ2n) is 3.65. The van der Waals surface area contributed by atoms with Crippen LogP contribution in [-0.4, -0.2) is 29.3 Å². The fourth-order valence-electron chi connectivity index (χ4n) is 1.91. The zero-order chi connectivity index (χ0) is 10.8. The van der Waals surface area contributed by atoms with Gasteiger partial charge in [-0.25, -0.2) is 0 Å². The zero-order valence-electron chi connectivity index (χ0n) is 8.32. The van der Waals surface area contributed by atoms with Gasteiger partial charge in [0.2, 0.25) is 0 Å². The molecule has 82 valence electrons. The van der Waals surface area contributed by atoms with Gasteiger partial charge in [0.25, 0.3) is 5.91 Å². The first-order valence-corrected chi connectivity index (χ1v) is 4.91. The third-order valence-corrected chi connectivity index (χ3v) is 2.70. The van der Waals surface area contributed by atoms with E-state index in [1.165, 1.54) is 0 Å². The number of hydrogen-bond acceptors (Lipinski definition) is 4. The molecule has 0 aromatic carbocycles. The number of aromatic amines is 1. The predicted octanol–water partition coefficient (Wildman–Crippen LogP) is -0.0152. The summed E-state index contributed by atoms with van der Waals surface area (Å²) in [5.74, 6) is -0.0993. The first-order chi connectivity index (χ1) is 7.20. The Morgan fingerprint density at radius 1 is 1.47 bits per heavy atom. The quantitative estimate of drug-likeness (QED) is 0.637. The maximum absolute atomic E-state index is 11.2. The van der Waals surface area contributed by atoms with E-state index in [-0.39, 0.29) is 11.7 Å². The van der Waals surface area contributed by atoms with Crippen molar-refractivity contribution in [2.24, 2.45) is 5.73 Å². The Morgan fingerprint density at radius 2 is 2.13 bits per heavy atom. The van der Waals surface area contributed by atoms with E-state index < -0.39 is 5.91 Å². The molecule has 6 heteroatoms. The van der Waals surface area contributed by atoms with Gasteiger partial charge in [0.1, 0.15) is 5.56 Å². The smallest absolute Gasteiger partial charge is 0.254 e. The van der Waals surface area contributed by atoms with E-state index in [0.29, 0.717) is 18.8 Å². The maximum atomic E-state index is 11.2. The molecule has 0 unspecified atom stereocenters. The van der Waals surface area contributed by atoms with Crippen LogP contribution in [0.5, 0.6) is 0 Å². The summed E-state index contributed by atoms with van der Waals surface area (Å²) < 4.78 is 5.25. The van der Waals surface area contributed by atoms with Crippen molar-refractivity contribution in [2.45, 2.75) is 18.8 Å². The van der Waals surface area contributed by atoms with E-state index >= 15 is 0 Å². The fraction of sp³-hybridized carbons (Fsp3) is 0.556. The van der Waals surface area contributed by atoms with Gasteiger partial charge in [-0.3, -0.25) is 9.89 Å². The second kappa shape index (κ2) is 3.90. The number of ether oxygens (including phenoxy) is 1. The summed E-state index contributed by atoms with van der Waals surface area (Å²) in [7, 11) is 0. The van der Waals surface area contributed by atoms with Gasteiger partial charge in [0.15, 0.2) is 5.82 Å². The molecule has 1 fully saturated rings. The lowest BCUT2D eigenvalue weighted by molar-refractivity contribution is 0.0837. The first kappa shape index (κ1) is 9.97. The summed E-state index contributed by atoms with van der Waals surface area (Å²) in [4.78, 5) is 11.2. The van der Waals surface area contributed by atoms with Gasteiger partial charge in [0.05, 0.1) is 5.69 Å². The van der Waals surface area contributed by atoms with E-state index in [0.717, 1.165) is 18.5 Å². The van der Waals surface area contributed by atoms with Gasteiger partial charge < -0.3 is 16.2 Å². The third kappa shape index (κ3) is 1.80. The minimum atomic E-state index is -0.525. The number of amides is 1. The van der Waals surface area contributed by atoms with Crippen molar-refractivity contribution in [3.8, 4) is 0 Å². The van der Waals surface area contributed by atoms with Crippen LogP contribution in [0.1, 0.15) is 34.8 Å². The number of H-pyrrole nitrogens is 1. The summed E-state index contributed by atoms with van der Waals surface area (Å²) in [6.45, 7) is 1.39. The van der Waals surface area contributed by atoms with E-state index in [4.69, 9.17) is 16.2 Å². The summed E-state index contributed by atoms with van der Waals surface area (Å²) in [6, 6.07) is 0. The van der Waals surface area contributed by atoms with Crippen LogP contribution in [0.3, 0.4) is 0 Å². The molecule has 1 saturated heterocycles. The molecule has 6 nitrogen and oxygen atoms in total. The lowest BCUT2D eigenvalue weighted by Gasteiger charge is -2.21. The predicted molar refractivity (Wildman–Crippen MR) is 54.3 cm³/mol. The highest BCUT2D eigenvalue weighted by Crippen LogP contribution is 2.29. The lowest BCUT2D eigenvalue weighted by atomic mass is 9.93. The number of anilines is 1. The number of carbonyl (C=O) groups excluding carboxylic acids is 1. The number of nitrogens with two attached hydrogens (primary N) is 2. The fourth-order valence-corrected chi connectivity index (χ4v) is 1.91. The normalized spacial score (nSPS) is 17.9. The number of nitrogens with zero attached hydrogens (tertiary/aromatic N) is 1. The molecule has 0 atom stereocenters. The number of aromatic nitrogens is 2. The van der Waals surface area contributed by atoms with E-state index in [1.807, 2.05) is 0 Å². The van der Waals surface area contributed by atoms with Gasteiger partial charge in [-0.2, -0.15) is 5.10 Å². The SMILES string of the molecule is NC(=O)c1c(N)n[nH]c1C1CCOCC1. The molecule has 0 aliphatic carbocycles. The van der Waals surface area contributed by atoms with Crippen molar-refractivity contribution in [1.82, 2.24) is 10.2 Å². The van der Waals surface area contributed by atoms with Crippen molar-refractivity contribution < 1.29 is 9.53 Å². The molecule has 2 heterocycles. The number of nitrogens with one attached hydrogen (secondary N) is 1. The van der Waals surface area contributed by atoms with Crippen LogP contribution in [0.15, 0.2) is 0 Å². The molecule has 1 aromatic rings. The molecule has 0 bridgehead atoms. The molecule has 1 aromatic heterocycles. The van der Waals surface area contributed by atoms with Crippen LogP contribution < -0.4 is 11.5 Å². The van der Waals surface area contributed by atoms with Gasteiger partial charge in [-0.05, 0) is 12.8 Å². The van der Waals surface area contributed by atoms with Crippen molar-refractivity contribution in [2.75, 3.05) is 18.9 Å². The molecule has 0 saturated carbocycles. The van der Waals surface area contributed by atoms with Gasteiger partial charge in [0, 0.05) is 19.1 Å². The Kier molecular flexibility index (Phi) is 2.59.